The van der Waals surface area contributed by atoms with Crippen molar-refractivity contribution < 1.29 is 19.8 Å². The van der Waals surface area contributed by atoms with E-state index in [4.69, 9.17) is 5.11 Å². The van der Waals surface area contributed by atoms with Gasteiger partial charge < -0.3 is 20.1 Å². The lowest BCUT2D eigenvalue weighted by Crippen LogP contribution is -2.47. The van der Waals surface area contributed by atoms with Gasteiger partial charge in [0.05, 0.1) is 11.7 Å². The standard InChI is InChI=1S/C14H16N2O4/c1-8(17)12(14(19)20)15-13(18)10-7-16(2)11-6-4-3-5-9(10)11/h3-8,12,17H,1-2H3,(H,15,18)(H,19,20). The van der Waals surface area contributed by atoms with Crippen LogP contribution >= 0.6 is 0 Å². The lowest BCUT2D eigenvalue weighted by atomic mass is 10.1. The summed E-state index contributed by atoms with van der Waals surface area (Å²) in [5.41, 5.74) is 1.26. The molecule has 6 heteroatoms. The molecule has 0 aliphatic rings. The van der Waals surface area contributed by atoms with Gasteiger partial charge >= 0.3 is 5.97 Å². The summed E-state index contributed by atoms with van der Waals surface area (Å²) in [5.74, 6) is -1.79. The van der Waals surface area contributed by atoms with Crippen LogP contribution in [0.25, 0.3) is 10.9 Å². The van der Waals surface area contributed by atoms with E-state index in [9.17, 15) is 14.7 Å². The number of aromatic nitrogens is 1. The van der Waals surface area contributed by atoms with E-state index in [0.29, 0.717) is 5.56 Å². The number of nitrogens with zero attached hydrogens (tertiary/aromatic N) is 1. The first kappa shape index (κ1) is 14.1. The average Bonchev–Trinajstić information content (AvgIpc) is 2.73. The third-order valence-corrected chi connectivity index (χ3v) is 3.18. The molecule has 20 heavy (non-hydrogen) atoms. The minimum Gasteiger partial charge on any atom is -0.480 e. The summed E-state index contributed by atoms with van der Waals surface area (Å²) in [6.07, 6.45) is 0.465. The summed E-state index contributed by atoms with van der Waals surface area (Å²) in [6.45, 7) is 1.32. The van der Waals surface area contributed by atoms with Gasteiger partial charge in [0.15, 0.2) is 6.04 Å². The van der Waals surface area contributed by atoms with Crippen LogP contribution in [0.15, 0.2) is 30.5 Å². The molecular formula is C14H16N2O4. The first-order valence-corrected chi connectivity index (χ1v) is 6.17. The van der Waals surface area contributed by atoms with Gasteiger partial charge in [-0.05, 0) is 13.0 Å². The van der Waals surface area contributed by atoms with E-state index < -0.39 is 24.0 Å². The number of aliphatic carboxylic acids is 1. The number of fused-ring (bicyclic) bond motifs is 1. The molecule has 0 bridgehead atoms. The third kappa shape index (κ3) is 2.50. The number of amides is 1. The van der Waals surface area contributed by atoms with Crippen LogP contribution in [-0.4, -0.2) is 38.8 Å². The topological polar surface area (TPSA) is 91.6 Å². The number of rotatable bonds is 4. The first-order valence-electron chi connectivity index (χ1n) is 6.17. The number of aliphatic hydroxyl groups excluding tert-OH is 1. The third-order valence-electron chi connectivity index (χ3n) is 3.18. The largest absolute Gasteiger partial charge is 0.480 e. The number of nitrogens with one attached hydrogen (secondary N) is 1. The summed E-state index contributed by atoms with van der Waals surface area (Å²) < 4.78 is 1.79. The van der Waals surface area contributed by atoms with Crippen LogP contribution < -0.4 is 5.32 Å². The number of benzene rings is 1. The zero-order chi connectivity index (χ0) is 14.9. The van der Waals surface area contributed by atoms with Crippen molar-refractivity contribution in [2.45, 2.75) is 19.1 Å². The Morgan fingerprint density at radius 1 is 1.30 bits per heavy atom. The molecule has 106 valence electrons. The molecule has 1 amide bonds. The van der Waals surface area contributed by atoms with Crippen LogP contribution in [-0.2, 0) is 11.8 Å². The van der Waals surface area contributed by atoms with E-state index in [1.807, 2.05) is 25.2 Å². The number of carbonyl (C=O) groups excluding carboxylic acids is 1. The van der Waals surface area contributed by atoms with Crippen LogP contribution in [0.1, 0.15) is 17.3 Å². The Morgan fingerprint density at radius 2 is 1.95 bits per heavy atom. The second kappa shape index (κ2) is 5.34. The number of carboxylic acid groups (broad SMARTS) is 1. The SMILES string of the molecule is CC(O)C(NC(=O)c1cn(C)c2ccccc12)C(=O)O. The molecule has 0 aliphatic carbocycles. The molecule has 2 aromatic rings. The molecular weight excluding hydrogens is 260 g/mol. The van der Waals surface area contributed by atoms with E-state index in [0.717, 1.165) is 10.9 Å². The van der Waals surface area contributed by atoms with Crippen molar-refractivity contribution in [3.63, 3.8) is 0 Å². The molecule has 6 nitrogen and oxygen atoms in total. The molecule has 2 atom stereocenters. The quantitative estimate of drug-likeness (QED) is 0.768. The number of carbonyl (C=O) groups is 2. The van der Waals surface area contributed by atoms with E-state index in [1.165, 1.54) is 6.92 Å². The van der Waals surface area contributed by atoms with Gasteiger partial charge in [-0.25, -0.2) is 4.79 Å². The minimum absolute atomic E-state index is 0.384. The zero-order valence-electron chi connectivity index (χ0n) is 11.2. The number of aliphatic hydroxyl groups is 1. The number of hydrogen-bond donors (Lipinski definition) is 3. The van der Waals surface area contributed by atoms with E-state index in [-0.39, 0.29) is 0 Å². The van der Waals surface area contributed by atoms with E-state index >= 15 is 0 Å². The highest BCUT2D eigenvalue weighted by Crippen LogP contribution is 2.20. The zero-order valence-corrected chi connectivity index (χ0v) is 11.2. The molecule has 1 aromatic carbocycles. The second-order valence-electron chi connectivity index (χ2n) is 4.70. The summed E-state index contributed by atoms with van der Waals surface area (Å²) >= 11 is 0. The van der Waals surface area contributed by atoms with E-state index in [1.54, 1.807) is 16.8 Å². The molecule has 0 saturated heterocycles. The van der Waals surface area contributed by atoms with Crippen LogP contribution in [0.4, 0.5) is 0 Å². The summed E-state index contributed by atoms with van der Waals surface area (Å²) in [5, 5.41) is 21.4. The van der Waals surface area contributed by atoms with Crippen LogP contribution in [0.2, 0.25) is 0 Å². The normalized spacial score (nSPS) is 13.9. The molecule has 0 spiro atoms. The molecule has 3 N–H and O–H groups in total. The Bertz CT molecular complexity index is 660. The molecule has 1 heterocycles. The first-order chi connectivity index (χ1) is 9.41. The molecule has 0 radical (unpaired) electrons. The van der Waals surface area contributed by atoms with Gasteiger partial charge in [-0.15, -0.1) is 0 Å². The van der Waals surface area contributed by atoms with Gasteiger partial charge in [0.1, 0.15) is 0 Å². The van der Waals surface area contributed by atoms with Gasteiger partial charge in [-0.2, -0.15) is 0 Å². The highest BCUT2D eigenvalue weighted by atomic mass is 16.4. The molecule has 1 aromatic heterocycles. The number of hydrogen-bond acceptors (Lipinski definition) is 3. The van der Waals surface area contributed by atoms with Gasteiger partial charge in [-0.1, -0.05) is 18.2 Å². The van der Waals surface area contributed by atoms with Gasteiger partial charge in [0.2, 0.25) is 0 Å². The van der Waals surface area contributed by atoms with Crippen LogP contribution in [0, 0.1) is 0 Å². The lowest BCUT2D eigenvalue weighted by molar-refractivity contribution is -0.141. The fraction of sp³-hybridized carbons (Fsp3) is 0.286. The summed E-state index contributed by atoms with van der Waals surface area (Å²) in [4.78, 5) is 23.2. The van der Waals surface area contributed by atoms with Crippen molar-refractivity contribution in [2.24, 2.45) is 7.05 Å². The Morgan fingerprint density at radius 3 is 2.55 bits per heavy atom. The van der Waals surface area contributed by atoms with Gasteiger partial charge in [0.25, 0.3) is 5.91 Å². The van der Waals surface area contributed by atoms with Crippen molar-refractivity contribution in [1.82, 2.24) is 9.88 Å². The maximum Gasteiger partial charge on any atom is 0.328 e. The lowest BCUT2D eigenvalue weighted by Gasteiger charge is -2.16. The number of para-hydroxylation sites is 1. The van der Waals surface area contributed by atoms with Crippen molar-refractivity contribution in [3.8, 4) is 0 Å². The van der Waals surface area contributed by atoms with Crippen molar-refractivity contribution in [2.75, 3.05) is 0 Å². The van der Waals surface area contributed by atoms with Crippen molar-refractivity contribution in [1.29, 1.82) is 0 Å². The predicted octanol–water partition coefficient (Wildman–Crippen LogP) is 0.742. The van der Waals surface area contributed by atoms with Crippen LogP contribution in [0.5, 0.6) is 0 Å². The minimum atomic E-state index is -1.33. The highest BCUT2D eigenvalue weighted by molar-refractivity contribution is 6.07. The Labute approximate surface area is 115 Å². The summed E-state index contributed by atoms with van der Waals surface area (Å²) in [7, 11) is 1.81. The molecule has 0 aliphatic heterocycles. The Hall–Kier alpha value is -2.34. The summed E-state index contributed by atoms with van der Waals surface area (Å²) in [6, 6.07) is 6.00. The average molecular weight is 276 g/mol. The fourth-order valence-electron chi connectivity index (χ4n) is 2.13. The van der Waals surface area contributed by atoms with Crippen LogP contribution in [0.3, 0.4) is 0 Å². The predicted molar refractivity (Wildman–Crippen MR) is 73.5 cm³/mol. The molecule has 2 unspecified atom stereocenters. The molecule has 2 rings (SSSR count). The number of aryl methyl sites for hydroxylation is 1. The smallest absolute Gasteiger partial charge is 0.328 e. The molecule has 0 fully saturated rings. The fourth-order valence-corrected chi connectivity index (χ4v) is 2.13. The van der Waals surface area contributed by atoms with Crippen molar-refractivity contribution in [3.05, 3.63) is 36.0 Å². The monoisotopic (exact) mass is 276 g/mol. The second-order valence-corrected chi connectivity index (χ2v) is 4.70. The van der Waals surface area contributed by atoms with Gasteiger partial charge in [0, 0.05) is 24.1 Å². The Kier molecular flexibility index (Phi) is 3.76. The highest BCUT2D eigenvalue weighted by Gasteiger charge is 2.26. The van der Waals surface area contributed by atoms with Crippen molar-refractivity contribution >= 4 is 22.8 Å². The Balaban J connectivity index is 2.34. The van der Waals surface area contributed by atoms with E-state index in [2.05, 4.69) is 5.32 Å². The molecule has 0 saturated carbocycles. The maximum atomic E-state index is 12.2. The maximum absolute atomic E-state index is 12.2. The van der Waals surface area contributed by atoms with Gasteiger partial charge in [-0.3, -0.25) is 4.79 Å². The number of carboxylic acids is 1.